The number of aromatic nitrogens is 1. The summed E-state index contributed by atoms with van der Waals surface area (Å²) in [6.07, 6.45) is 20.4. The van der Waals surface area contributed by atoms with Gasteiger partial charge in [0.25, 0.3) is 0 Å². The number of carbonyl (C=O) groups excluding carboxylic acids is 1. The third kappa shape index (κ3) is 9.03. The average molecular weight is 420 g/mol. The molecule has 1 atom stereocenters. The molecule has 2 rings (SSSR count). The van der Waals surface area contributed by atoms with Crippen LogP contribution in [-0.2, 0) is 11.3 Å². The van der Waals surface area contributed by atoms with Gasteiger partial charge in [0.2, 0.25) is 5.43 Å². The van der Waals surface area contributed by atoms with Gasteiger partial charge in [-0.1, -0.05) is 77.6 Å². The van der Waals surface area contributed by atoms with Crippen LogP contribution < -0.4 is 10.2 Å². The Labute approximate surface area is 182 Å². The van der Waals surface area contributed by atoms with Gasteiger partial charge in [-0.05, 0) is 19.3 Å². The highest BCUT2D eigenvalue weighted by Crippen LogP contribution is 2.20. The van der Waals surface area contributed by atoms with Gasteiger partial charge in [0, 0.05) is 25.2 Å². The van der Waals surface area contributed by atoms with E-state index in [0.29, 0.717) is 12.3 Å². The summed E-state index contributed by atoms with van der Waals surface area (Å²) >= 11 is 0. The second-order valence-corrected chi connectivity index (χ2v) is 8.51. The van der Waals surface area contributed by atoms with Crippen molar-refractivity contribution in [2.75, 3.05) is 6.61 Å². The maximum Gasteiger partial charge on any atom is 0.224 e. The number of pyridine rings is 1. The number of carbonyl (C=O) groups is 1. The van der Waals surface area contributed by atoms with Crippen LogP contribution in [0.5, 0.6) is 5.75 Å². The van der Waals surface area contributed by atoms with Gasteiger partial charge in [-0.3, -0.25) is 9.59 Å². The maximum absolute atomic E-state index is 12.2. The molecule has 0 N–H and O–H groups in total. The second-order valence-electron chi connectivity index (χ2n) is 8.51. The fourth-order valence-electron chi connectivity index (χ4n) is 4.06. The maximum atomic E-state index is 12.2. The summed E-state index contributed by atoms with van der Waals surface area (Å²) < 4.78 is 13.2. The zero-order valence-corrected chi connectivity index (χ0v) is 18.9. The SMILES string of the molecule is CCCCCCCCCCCCCCn1ccc(=O)c(OC2CCCCO2)c1C=O. The summed E-state index contributed by atoms with van der Waals surface area (Å²) in [5.41, 5.74) is 0.0805. The molecule has 1 unspecified atom stereocenters. The van der Waals surface area contributed by atoms with Crippen LogP contribution in [-0.4, -0.2) is 23.8 Å². The Bertz CT molecular complexity index is 649. The van der Waals surface area contributed by atoms with Gasteiger partial charge in [-0.25, -0.2) is 0 Å². The van der Waals surface area contributed by atoms with Crippen LogP contribution in [0.4, 0.5) is 0 Å². The Morgan fingerprint density at radius 1 is 1.00 bits per heavy atom. The summed E-state index contributed by atoms with van der Waals surface area (Å²) in [6.45, 7) is 3.63. The van der Waals surface area contributed by atoms with E-state index in [2.05, 4.69) is 6.92 Å². The Hall–Kier alpha value is -1.62. The van der Waals surface area contributed by atoms with Crippen LogP contribution in [0.3, 0.4) is 0 Å². The molecule has 1 aliphatic rings. The molecule has 5 nitrogen and oxygen atoms in total. The van der Waals surface area contributed by atoms with Crippen LogP contribution >= 0.6 is 0 Å². The smallest absolute Gasteiger partial charge is 0.224 e. The van der Waals surface area contributed by atoms with Crippen molar-refractivity contribution < 1.29 is 14.3 Å². The third-order valence-corrected chi connectivity index (χ3v) is 5.92. The minimum Gasteiger partial charge on any atom is -0.459 e. The van der Waals surface area contributed by atoms with E-state index in [0.717, 1.165) is 44.9 Å². The summed E-state index contributed by atoms with van der Waals surface area (Å²) in [5.74, 6) is 0.137. The number of nitrogens with zero attached hydrogens (tertiary/aromatic N) is 1. The highest BCUT2D eigenvalue weighted by Gasteiger charge is 2.20. The van der Waals surface area contributed by atoms with E-state index in [1.807, 2.05) is 4.57 Å². The molecule has 0 spiro atoms. The molecule has 1 aliphatic heterocycles. The minimum atomic E-state index is -0.423. The van der Waals surface area contributed by atoms with E-state index >= 15 is 0 Å². The van der Waals surface area contributed by atoms with E-state index < -0.39 is 6.29 Å². The van der Waals surface area contributed by atoms with Crippen molar-refractivity contribution in [1.29, 1.82) is 0 Å². The normalized spacial score (nSPS) is 16.5. The average Bonchev–Trinajstić information content (AvgIpc) is 2.77. The van der Waals surface area contributed by atoms with Gasteiger partial charge in [0.05, 0.1) is 6.61 Å². The molecule has 1 aromatic heterocycles. The molecule has 1 aromatic rings. The van der Waals surface area contributed by atoms with Gasteiger partial charge in [-0.2, -0.15) is 0 Å². The molecule has 0 aliphatic carbocycles. The first-order valence-corrected chi connectivity index (χ1v) is 12.2. The van der Waals surface area contributed by atoms with Crippen LogP contribution in [0.15, 0.2) is 17.1 Å². The second kappa shape index (κ2) is 15.2. The van der Waals surface area contributed by atoms with Crippen molar-refractivity contribution in [3.05, 3.63) is 28.2 Å². The van der Waals surface area contributed by atoms with Crippen molar-refractivity contribution in [2.45, 2.75) is 116 Å². The minimum absolute atomic E-state index is 0.137. The van der Waals surface area contributed by atoms with Crippen molar-refractivity contribution in [3.8, 4) is 5.75 Å². The number of aryl methyl sites for hydroxylation is 1. The van der Waals surface area contributed by atoms with E-state index in [1.165, 1.54) is 70.3 Å². The molecule has 2 heterocycles. The monoisotopic (exact) mass is 419 g/mol. The lowest BCUT2D eigenvalue weighted by molar-refractivity contribution is -0.106. The van der Waals surface area contributed by atoms with Crippen LogP contribution in [0.1, 0.15) is 114 Å². The first-order chi connectivity index (χ1) is 14.8. The predicted molar refractivity (Wildman–Crippen MR) is 121 cm³/mol. The van der Waals surface area contributed by atoms with E-state index in [-0.39, 0.29) is 11.2 Å². The zero-order valence-electron chi connectivity index (χ0n) is 18.9. The first kappa shape index (κ1) is 24.6. The molecule has 5 heteroatoms. The number of hydrogen-bond donors (Lipinski definition) is 0. The fourth-order valence-corrected chi connectivity index (χ4v) is 4.06. The number of hydrogen-bond acceptors (Lipinski definition) is 4. The largest absolute Gasteiger partial charge is 0.459 e. The molecular weight excluding hydrogens is 378 g/mol. The van der Waals surface area contributed by atoms with Gasteiger partial charge < -0.3 is 14.0 Å². The Morgan fingerprint density at radius 2 is 1.63 bits per heavy atom. The quantitative estimate of drug-likeness (QED) is 0.234. The van der Waals surface area contributed by atoms with Crippen LogP contribution in [0.2, 0.25) is 0 Å². The number of ether oxygens (including phenoxy) is 2. The molecule has 170 valence electrons. The van der Waals surface area contributed by atoms with Gasteiger partial charge in [0.15, 0.2) is 18.3 Å². The molecule has 0 aromatic carbocycles. The summed E-state index contributed by atoms with van der Waals surface area (Å²) in [4.78, 5) is 23.9. The summed E-state index contributed by atoms with van der Waals surface area (Å²) in [6, 6.07) is 1.49. The number of rotatable bonds is 16. The molecule has 1 saturated heterocycles. The van der Waals surface area contributed by atoms with Crippen molar-refractivity contribution >= 4 is 6.29 Å². The molecule has 0 bridgehead atoms. The lowest BCUT2D eigenvalue weighted by Crippen LogP contribution is -2.28. The Morgan fingerprint density at radius 3 is 2.20 bits per heavy atom. The van der Waals surface area contributed by atoms with Crippen molar-refractivity contribution in [3.63, 3.8) is 0 Å². The fraction of sp³-hybridized carbons (Fsp3) is 0.760. The highest BCUT2D eigenvalue weighted by molar-refractivity contribution is 5.76. The van der Waals surface area contributed by atoms with Gasteiger partial charge in [-0.15, -0.1) is 0 Å². The molecule has 1 fully saturated rings. The lowest BCUT2D eigenvalue weighted by atomic mass is 10.1. The number of aldehydes is 1. The molecule has 0 radical (unpaired) electrons. The topological polar surface area (TPSA) is 57.5 Å². The summed E-state index contributed by atoms with van der Waals surface area (Å²) in [7, 11) is 0. The summed E-state index contributed by atoms with van der Waals surface area (Å²) in [5, 5.41) is 0. The lowest BCUT2D eigenvalue weighted by Gasteiger charge is -2.24. The molecular formula is C25H41NO4. The van der Waals surface area contributed by atoms with E-state index in [9.17, 15) is 9.59 Å². The Kier molecular flexibility index (Phi) is 12.5. The first-order valence-electron chi connectivity index (χ1n) is 12.2. The standard InChI is InChI=1S/C25H41NO4/c1-2-3-4-5-6-7-8-9-10-11-12-14-18-26-19-17-23(28)25(22(26)21-27)30-24-16-13-15-20-29-24/h17,19,21,24H,2-16,18,20H2,1H3. The Balaban J connectivity index is 1.67. The van der Waals surface area contributed by atoms with E-state index in [4.69, 9.17) is 9.47 Å². The molecule has 0 amide bonds. The molecule has 0 saturated carbocycles. The van der Waals surface area contributed by atoms with Crippen LogP contribution in [0.25, 0.3) is 0 Å². The van der Waals surface area contributed by atoms with E-state index in [1.54, 1.807) is 6.20 Å². The van der Waals surface area contributed by atoms with Crippen LogP contribution in [0, 0.1) is 0 Å². The van der Waals surface area contributed by atoms with Gasteiger partial charge in [0.1, 0.15) is 5.69 Å². The molecule has 30 heavy (non-hydrogen) atoms. The van der Waals surface area contributed by atoms with Crippen molar-refractivity contribution in [2.24, 2.45) is 0 Å². The highest BCUT2D eigenvalue weighted by atomic mass is 16.7. The third-order valence-electron chi connectivity index (χ3n) is 5.92. The predicted octanol–water partition coefficient (Wildman–Crippen LogP) is 6.27. The van der Waals surface area contributed by atoms with Gasteiger partial charge >= 0.3 is 0 Å². The van der Waals surface area contributed by atoms with Crippen molar-refractivity contribution in [1.82, 2.24) is 4.57 Å². The number of unbranched alkanes of at least 4 members (excludes halogenated alkanes) is 11. The zero-order chi connectivity index (χ0) is 21.4.